The molecule has 4 rings (SSSR count). The molecule has 0 aliphatic rings. The van der Waals surface area contributed by atoms with Crippen LogP contribution < -0.4 is 5.32 Å². The molecule has 3 aromatic heterocycles. The van der Waals surface area contributed by atoms with Gasteiger partial charge in [-0.25, -0.2) is 4.68 Å². The first-order valence-electron chi connectivity index (χ1n) is 7.38. The quantitative estimate of drug-likeness (QED) is 0.631. The molecule has 0 saturated heterocycles. The van der Waals surface area contributed by atoms with E-state index in [0.717, 1.165) is 28.2 Å². The van der Waals surface area contributed by atoms with Crippen LogP contribution in [0.15, 0.2) is 54.9 Å². The van der Waals surface area contributed by atoms with Crippen molar-refractivity contribution in [2.24, 2.45) is 7.05 Å². The Bertz CT molecular complexity index is 967. The Morgan fingerprint density at radius 2 is 1.78 bits per heavy atom. The SMILES string of the molecule is Cc1ccn(-c2nc(Nc3ccccc3)c3ccn(C)c3n2)n1. The van der Waals surface area contributed by atoms with Gasteiger partial charge in [0.05, 0.1) is 11.1 Å². The molecule has 0 atom stereocenters. The first-order chi connectivity index (χ1) is 11.2. The normalized spacial score (nSPS) is 11.0. The van der Waals surface area contributed by atoms with Crippen LogP contribution in [0.4, 0.5) is 11.5 Å². The summed E-state index contributed by atoms with van der Waals surface area (Å²) in [6.45, 7) is 1.95. The van der Waals surface area contributed by atoms with Crippen molar-refractivity contribution in [2.45, 2.75) is 6.92 Å². The summed E-state index contributed by atoms with van der Waals surface area (Å²) in [6.07, 6.45) is 3.85. The fourth-order valence-corrected chi connectivity index (χ4v) is 2.51. The number of rotatable bonds is 3. The standard InChI is InChI=1S/C17H16N6/c1-12-8-11-23(21-12)17-19-15(18-13-6-4-3-5-7-13)14-9-10-22(2)16(14)20-17/h3-11H,1-2H3,(H,18,19,20). The lowest BCUT2D eigenvalue weighted by molar-refractivity contribution is 0.798. The Morgan fingerprint density at radius 1 is 0.957 bits per heavy atom. The van der Waals surface area contributed by atoms with E-state index in [1.165, 1.54) is 0 Å². The fraction of sp³-hybridized carbons (Fsp3) is 0.118. The van der Waals surface area contributed by atoms with Crippen LogP contribution in [0.2, 0.25) is 0 Å². The molecule has 6 nitrogen and oxygen atoms in total. The second-order valence-corrected chi connectivity index (χ2v) is 5.43. The molecule has 0 saturated carbocycles. The Hall–Kier alpha value is -3.15. The summed E-state index contributed by atoms with van der Waals surface area (Å²) in [6, 6.07) is 13.9. The van der Waals surface area contributed by atoms with E-state index in [0.29, 0.717) is 5.95 Å². The van der Waals surface area contributed by atoms with Gasteiger partial charge in [0.1, 0.15) is 11.5 Å². The molecule has 0 spiro atoms. The molecule has 114 valence electrons. The number of hydrogen-bond acceptors (Lipinski definition) is 4. The lowest BCUT2D eigenvalue weighted by Gasteiger charge is -2.09. The largest absolute Gasteiger partial charge is 0.339 e. The van der Waals surface area contributed by atoms with Gasteiger partial charge in [0, 0.05) is 25.1 Å². The molecule has 0 aliphatic heterocycles. The molecule has 0 radical (unpaired) electrons. The summed E-state index contributed by atoms with van der Waals surface area (Å²) in [4.78, 5) is 9.29. The number of hydrogen-bond donors (Lipinski definition) is 1. The van der Waals surface area contributed by atoms with Crippen molar-refractivity contribution in [3.8, 4) is 5.95 Å². The van der Waals surface area contributed by atoms with E-state index in [1.807, 2.05) is 73.4 Å². The average molecular weight is 304 g/mol. The zero-order valence-electron chi connectivity index (χ0n) is 12.9. The van der Waals surface area contributed by atoms with Crippen molar-refractivity contribution >= 4 is 22.5 Å². The van der Waals surface area contributed by atoms with Crippen LogP contribution in [-0.2, 0) is 7.05 Å². The van der Waals surface area contributed by atoms with Crippen LogP contribution in [0.25, 0.3) is 17.0 Å². The average Bonchev–Trinajstić information content (AvgIpc) is 3.15. The highest BCUT2D eigenvalue weighted by Crippen LogP contribution is 2.25. The van der Waals surface area contributed by atoms with Crippen LogP contribution in [-0.4, -0.2) is 24.3 Å². The van der Waals surface area contributed by atoms with E-state index in [4.69, 9.17) is 0 Å². The number of anilines is 2. The van der Waals surface area contributed by atoms with Gasteiger partial charge in [0.15, 0.2) is 0 Å². The highest BCUT2D eigenvalue weighted by Gasteiger charge is 2.12. The second kappa shape index (κ2) is 5.24. The summed E-state index contributed by atoms with van der Waals surface area (Å²) in [5.74, 6) is 1.32. The molecule has 0 fully saturated rings. The topological polar surface area (TPSA) is 60.6 Å². The van der Waals surface area contributed by atoms with Crippen molar-refractivity contribution in [3.63, 3.8) is 0 Å². The molecule has 6 heteroatoms. The maximum Gasteiger partial charge on any atom is 0.254 e. The number of benzene rings is 1. The van der Waals surface area contributed by atoms with Crippen LogP contribution in [0.5, 0.6) is 0 Å². The molecule has 0 unspecified atom stereocenters. The van der Waals surface area contributed by atoms with Crippen molar-refractivity contribution in [2.75, 3.05) is 5.32 Å². The highest BCUT2D eigenvalue weighted by atomic mass is 15.4. The van der Waals surface area contributed by atoms with Crippen LogP contribution in [0, 0.1) is 6.92 Å². The second-order valence-electron chi connectivity index (χ2n) is 5.43. The zero-order valence-corrected chi connectivity index (χ0v) is 12.9. The molecule has 0 amide bonds. The third-order valence-electron chi connectivity index (χ3n) is 3.68. The Kier molecular flexibility index (Phi) is 3.08. The van der Waals surface area contributed by atoms with Crippen LogP contribution >= 0.6 is 0 Å². The Balaban J connectivity index is 1.88. The van der Waals surface area contributed by atoms with E-state index in [-0.39, 0.29) is 0 Å². The smallest absolute Gasteiger partial charge is 0.254 e. The Morgan fingerprint density at radius 3 is 2.52 bits per heavy atom. The first kappa shape index (κ1) is 13.5. The molecular weight excluding hydrogens is 288 g/mol. The third-order valence-corrected chi connectivity index (χ3v) is 3.68. The minimum atomic E-state index is 0.547. The number of para-hydroxylation sites is 1. The van der Waals surface area contributed by atoms with Gasteiger partial charge in [-0.05, 0) is 31.2 Å². The number of fused-ring (bicyclic) bond motifs is 1. The van der Waals surface area contributed by atoms with Gasteiger partial charge < -0.3 is 9.88 Å². The molecular formula is C17H16N6. The fourth-order valence-electron chi connectivity index (χ4n) is 2.51. The number of aryl methyl sites for hydroxylation is 2. The van der Waals surface area contributed by atoms with E-state index >= 15 is 0 Å². The number of nitrogens with zero attached hydrogens (tertiary/aromatic N) is 5. The van der Waals surface area contributed by atoms with Crippen molar-refractivity contribution in [1.82, 2.24) is 24.3 Å². The number of aromatic nitrogens is 5. The van der Waals surface area contributed by atoms with Gasteiger partial charge in [0.2, 0.25) is 0 Å². The van der Waals surface area contributed by atoms with Gasteiger partial charge in [-0.2, -0.15) is 15.1 Å². The van der Waals surface area contributed by atoms with E-state index in [9.17, 15) is 0 Å². The first-order valence-corrected chi connectivity index (χ1v) is 7.38. The maximum absolute atomic E-state index is 4.66. The predicted octanol–water partition coefficient (Wildman–Crippen LogP) is 3.21. The van der Waals surface area contributed by atoms with E-state index in [1.54, 1.807) is 4.68 Å². The van der Waals surface area contributed by atoms with Gasteiger partial charge >= 0.3 is 0 Å². The third kappa shape index (κ3) is 2.44. The summed E-state index contributed by atoms with van der Waals surface area (Å²) >= 11 is 0. The van der Waals surface area contributed by atoms with Gasteiger partial charge in [-0.1, -0.05) is 18.2 Å². The van der Waals surface area contributed by atoms with Crippen molar-refractivity contribution in [1.29, 1.82) is 0 Å². The van der Waals surface area contributed by atoms with Crippen molar-refractivity contribution < 1.29 is 0 Å². The molecule has 1 N–H and O–H groups in total. The minimum Gasteiger partial charge on any atom is -0.339 e. The van der Waals surface area contributed by atoms with Gasteiger partial charge in [-0.15, -0.1) is 0 Å². The molecule has 1 aromatic carbocycles. The van der Waals surface area contributed by atoms with Gasteiger partial charge in [-0.3, -0.25) is 0 Å². The van der Waals surface area contributed by atoms with Crippen molar-refractivity contribution in [3.05, 3.63) is 60.6 Å². The molecule has 0 aliphatic carbocycles. The van der Waals surface area contributed by atoms with Crippen LogP contribution in [0.3, 0.4) is 0 Å². The molecule has 23 heavy (non-hydrogen) atoms. The summed E-state index contributed by atoms with van der Waals surface area (Å²) in [5, 5.41) is 8.75. The Labute approximate surface area is 133 Å². The van der Waals surface area contributed by atoms with Crippen LogP contribution in [0.1, 0.15) is 5.69 Å². The summed E-state index contributed by atoms with van der Waals surface area (Å²) in [7, 11) is 1.97. The lowest BCUT2D eigenvalue weighted by Crippen LogP contribution is -2.06. The summed E-state index contributed by atoms with van der Waals surface area (Å²) in [5.41, 5.74) is 2.78. The monoisotopic (exact) mass is 304 g/mol. The van der Waals surface area contributed by atoms with E-state index < -0.39 is 0 Å². The predicted molar refractivity (Wildman–Crippen MR) is 90.1 cm³/mol. The summed E-state index contributed by atoms with van der Waals surface area (Å²) < 4.78 is 3.67. The molecule has 3 heterocycles. The van der Waals surface area contributed by atoms with E-state index in [2.05, 4.69) is 20.4 Å². The molecule has 0 bridgehead atoms. The maximum atomic E-state index is 4.66. The highest BCUT2D eigenvalue weighted by molar-refractivity contribution is 5.90. The molecule has 4 aromatic rings. The minimum absolute atomic E-state index is 0.547. The van der Waals surface area contributed by atoms with Gasteiger partial charge in [0.25, 0.3) is 5.95 Å². The lowest BCUT2D eigenvalue weighted by atomic mass is 10.3. The zero-order chi connectivity index (χ0) is 15.8. The number of nitrogens with one attached hydrogen (secondary N) is 1.